The van der Waals surface area contributed by atoms with Gasteiger partial charge in [-0.2, -0.15) is 0 Å². The van der Waals surface area contributed by atoms with Crippen molar-refractivity contribution >= 4 is 17.8 Å². The Labute approximate surface area is 286 Å². The number of carbonyl (C=O) groups is 3. The molecule has 0 saturated carbocycles. The number of nitrogens with zero attached hydrogens (tertiary/aromatic N) is 2. The third-order valence-corrected chi connectivity index (χ3v) is 8.16. The SMILES string of the molecule is CCCCCCCOc1ccc(-c2cnc(-c3ccc(C[C@H](NC(=O)c4ccc5c(c4)OCCO5)C(=O)N[C@H](C)C(=O)O)cc3)nc2)cc1. The van der Waals surface area contributed by atoms with Crippen molar-refractivity contribution in [2.24, 2.45) is 0 Å². The van der Waals surface area contributed by atoms with Gasteiger partial charge in [0.2, 0.25) is 5.91 Å². The highest BCUT2D eigenvalue weighted by Crippen LogP contribution is 2.31. The minimum Gasteiger partial charge on any atom is -0.494 e. The molecule has 0 bridgehead atoms. The van der Waals surface area contributed by atoms with E-state index < -0.39 is 29.9 Å². The highest BCUT2D eigenvalue weighted by Gasteiger charge is 2.26. The number of hydrogen-bond donors (Lipinski definition) is 3. The van der Waals surface area contributed by atoms with Crippen LogP contribution in [-0.4, -0.2) is 64.8 Å². The summed E-state index contributed by atoms with van der Waals surface area (Å²) in [5.74, 6) is 0.0438. The number of unbranched alkanes of at least 4 members (excludes halogenated alkanes) is 4. The fourth-order valence-electron chi connectivity index (χ4n) is 5.30. The fraction of sp³-hybridized carbons (Fsp3) is 0.342. The maximum Gasteiger partial charge on any atom is 0.325 e. The summed E-state index contributed by atoms with van der Waals surface area (Å²) in [5, 5.41) is 14.5. The number of carboxylic acid groups (broad SMARTS) is 1. The van der Waals surface area contributed by atoms with Gasteiger partial charge in [0.15, 0.2) is 17.3 Å². The Morgan fingerprint density at radius 1 is 0.816 bits per heavy atom. The number of nitrogens with one attached hydrogen (secondary N) is 2. The van der Waals surface area contributed by atoms with Gasteiger partial charge in [0, 0.05) is 35.5 Å². The highest BCUT2D eigenvalue weighted by molar-refractivity contribution is 5.98. The molecule has 49 heavy (non-hydrogen) atoms. The molecular weight excluding hydrogens is 624 g/mol. The molecule has 1 aliphatic heterocycles. The van der Waals surface area contributed by atoms with E-state index in [9.17, 15) is 19.5 Å². The van der Waals surface area contributed by atoms with Crippen LogP contribution < -0.4 is 24.8 Å². The molecule has 11 nitrogen and oxygen atoms in total. The second-order valence-corrected chi connectivity index (χ2v) is 11.9. The molecule has 4 aromatic rings. The number of fused-ring (bicyclic) bond motifs is 1. The molecule has 0 spiro atoms. The van der Waals surface area contributed by atoms with Gasteiger partial charge in [-0.15, -0.1) is 0 Å². The van der Waals surface area contributed by atoms with Crippen LogP contribution in [0.2, 0.25) is 0 Å². The first-order chi connectivity index (χ1) is 23.8. The van der Waals surface area contributed by atoms with Gasteiger partial charge in [-0.3, -0.25) is 14.4 Å². The van der Waals surface area contributed by atoms with E-state index in [1.807, 2.05) is 48.5 Å². The van der Waals surface area contributed by atoms with Crippen LogP contribution in [0.5, 0.6) is 17.2 Å². The average Bonchev–Trinajstić information content (AvgIpc) is 3.13. The number of hydrogen-bond acceptors (Lipinski definition) is 8. The summed E-state index contributed by atoms with van der Waals surface area (Å²) in [5.41, 5.74) is 3.66. The Kier molecular flexibility index (Phi) is 12.2. The van der Waals surface area contributed by atoms with Crippen LogP contribution in [-0.2, 0) is 16.0 Å². The molecule has 2 atom stereocenters. The van der Waals surface area contributed by atoms with Crippen LogP contribution in [0.3, 0.4) is 0 Å². The van der Waals surface area contributed by atoms with Gasteiger partial charge in [0.05, 0.1) is 6.61 Å². The monoisotopic (exact) mass is 666 g/mol. The lowest BCUT2D eigenvalue weighted by Crippen LogP contribution is -2.51. The standard InChI is InChI=1S/C38H42N4O7/c1-3-4-5-6-7-18-47-31-15-12-27(13-16-31)30-23-39-35(40-24-30)28-10-8-26(9-11-28)21-32(37(44)41-25(2)38(45)46)42-36(43)29-14-17-33-34(22-29)49-20-19-48-33/h8-17,22-25,32H,3-7,18-21H2,1-2H3,(H,41,44)(H,42,43)(H,45,46)/t25-,32+/m1/s1. The van der Waals surface area contributed by atoms with E-state index in [0.29, 0.717) is 37.1 Å². The number of aliphatic carboxylic acids is 1. The summed E-state index contributed by atoms with van der Waals surface area (Å²) in [6.07, 6.45) is 9.65. The Hall–Kier alpha value is -5.45. The topological polar surface area (TPSA) is 149 Å². The molecule has 1 aliphatic rings. The van der Waals surface area contributed by atoms with Crippen LogP contribution in [0.15, 0.2) is 79.1 Å². The van der Waals surface area contributed by atoms with Crippen molar-refractivity contribution in [2.75, 3.05) is 19.8 Å². The molecule has 0 aliphatic carbocycles. The van der Waals surface area contributed by atoms with Crippen molar-refractivity contribution in [3.63, 3.8) is 0 Å². The molecule has 11 heteroatoms. The first-order valence-electron chi connectivity index (χ1n) is 16.7. The van der Waals surface area contributed by atoms with Crippen LogP contribution in [0.25, 0.3) is 22.5 Å². The summed E-state index contributed by atoms with van der Waals surface area (Å²) in [7, 11) is 0. The molecule has 2 amide bonds. The normalized spacial score (nSPS) is 13.2. The Balaban J connectivity index is 1.22. The lowest BCUT2D eigenvalue weighted by Gasteiger charge is -2.21. The van der Waals surface area contributed by atoms with Gasteiger partial charge < -0.3 is 30.0 Å². The van der Waals surface area contributed by atoms with Crippen molar-refractivity contribution in [3.05, 3.63) is 90.3 Å². The Morgan fingerprint density at radius 2 is 1.49 bits per heavy atom. The van der Waals surface area contributed by atoms with E-state index in [1.54, 1.807) is 30.6 Å². The van der Waals surface area contributed by atoms with E-state index in [0.717, 1.165) is 34.4 Å². The first-order valence-corrected chi connectivity index (χ1v) is 16.7. The predicted octanol–water partition coefficient (Wildman–Crippen LogP) is 5.86. The van der Waals surface area contributed by atoms with E-state index >= 15 is 0 Å². The number of ether oxygens (including phenoxy) is 3. The second kappa shape index (κ2) is 17.1. The molecule has 5 rings (SSSR count). The summed E-state index contributed by atoms with van der Waals surface area (Å²) in [6.45, 7) is 5.07. The van der Waals surface area contributed by atoms with Crippen molar-refractivity contribution in [1.82, 2.24) is 20.6 Å². The smallest absolute Gasteiger partial charge is 0.325 e. The number of amides is 2. The molecule has 0 radical (unpaired) electrons. The predicted molar refractivity (Wildman–Crippen MR) is 185 cm³/mol. The van der Waals surface area contributed by atoms with Gasteiger partial charge in [0.1, 0.15) is 31.0 Å². The lowest BCUT2D eigenvalue weighted by atomic mass is 10.0. The maximum atomic E-state index is 13.2. The summed E-state index contributed by atoms with van der Waals surface area (Å²) in [6, 6.07) is 17.8. The molecule has 3 aromatic carbocycles. The van der Waals surface area contributed by atoms with Crippen LogP contribution >= 0.6 is 0 Å². The largest absolute Gasteiger partial charge is 0.494 e. The molecular formula is C38H42N4O7. The van der Waals surface area contributed by atoms with Crippen molar-refractivity contribution in [3.8, 4) is 39.8 Å². The molecule has 0 fully saturated rings. The molecule has 256 valence electrons. The minimum atomic E-state index is -1.19. The number of benzene rings is 3. The van der Waals surface area contributed by atoms with Crippen LogP contribution in [0, 0.1) is 0 Å². The van der Waals surface area contributed by atoms with Gasteiger partial charge in [-0.05, 0) is 54.8 Å². The number of carbonyl (C=O) groups excluding carboxylic acids is 2. The Bertz CT molecular complexity index is 1710. The van der Waals surface area contributed by atoms with E-state index in [2.05, 4.69) is 27.5 Å². The first kappa shape index (κ1) is 34.9. The number of rotatable bonds is 16. The number of aromatic nitrogens is 2. The van der Waals surface area contributed by atoms with E-state index in [1.165, 1.54) is 32.6 Å². The third-order valence-electron chi connectivity index (χ3n) is 8.16. The summed E-state index contributed by atoms with van der Waals surface area (Å²) in [4.78, 5) is 46.9. The van der Waals surface area contributed by atoms with E-state index in [-0.39, 0.29) is 12.0 Å². The zero-order valence-electron chi connectivity index (χ0n) is 27.8. The summed E-state index contributed by atoms with van der Waals surface area (Å²) < 4.78 is 17.0. The van der Waals surface area contributed by atoms with Gasteiger partial charge in [0.25, 0.3) is 5.91 Å². The molecule has 3 N–H and O–H groups in total. The number of carboxylic acids is 1. The fourth-order valence-corrected chi connectivity index (χ4v) is 5.30. The Morgan fingerprint density at radius 3 is 2.18 bits per heavy atom. The van der Waals surface area contributed by atoms with Crippen LogP contribution in [0.4, 0.5) is 0 Å². The van der Waals surface area contributed by atoms with Gasteiger partial charge in [-0.1, -0.05) is 69.0 Å². The second-order valence-electron chi connectivity index (χ2n) is 11.9. The van der Waals surface area contributed by atoms with Gasteiger partial charge >= 0.3 is 5.97 Å². The highest BCUT2D eigenvalue weighted by atomic mass is 16.6. The van der Waals surface area contributed by atoms with Crippen LogP contribution in [0.1, 0.15) is 61.9 Å². The maximum absolute atomic E-state index is 13.2. The van der Waals surface area contributed by atoms with E-state index in [4.69, 9.17) is 14.2 Å². The molecule has 2 heterocycles. The average molecular weight is 667 g/mol. The zero-order chi connectivity index (χ0) is 34.6. The molecule has 0 saturated heterocycles. The van der Waals surface area contributed by atoms with Crippen molar-refractivity contribution < 1.29 is 33.7 Å². The summed E-state index contributed by atoms with van der Waals surface area (Å²) >= 11 is 0. The zero-order valence-corrected chi connectivity index (χ0v) is 27.8. The molecule has 0 unspecified atom stereocenters. The van der Waals surface area contributed by atoms with Crippen molar-refractivity contribution in [1.29, 1.82) is 0 Å². The quantitative estimate of drug-likeness (QED) is 0.125. The third kappa shape index (κ3) is 9.79. The molecule has 1 aromatic heterocycles. The minimum absolute atomic E-state index is 0.118. The van der Waals surface area contributed by atoms with Crippen molar-refractivity contribution in [2.45, 2.75) is 64.5 Å². The van der Waals surface area contributed by atoms with Gasteiger partial charge in [-0.25, -0.2) is 9.97 Å². The lowest BCUT2D eigenvalue weighted by molar-refractivity contribution is -0.141.